The zero-order valence-corrected chi connectivity index (χ0v) is 11.4. The number of halogens is 1. The summed E-state index contributed by atoms with van der Waals surface area (Å²) in [5, 5.41) is 11.5. The molecule has 0 atom stereocenters. The summed E-state index contributed by atoms with van der Waals surface area (Å²) in [5.74, 6) is 0.366. The van der Waals surface area contributed by atoms with Crippen LogP contribution < -0.4 is 0 Å². The number of aromatic nitrogens is 1. The molecular formula is C15H9ClN2O3. The number of nitrogens with zero attached hydrogens (tertiary/aromatic N) is 2. The fourth-order valence-electron chi connectivity index (χ4n) is 1.95. The highest BCUT2D eigenvalue weighted by Crippen LogP contribution is 2.23. The summed E-state index contributed by atoms with van der Waals surface area (Å²) in [6, 6.07) is 11.6. The second-order valence-corrected chi connectivity index (χ2v) is 4.75. The zero-order valence-electron chi connectivity index (χ0n) is 10.7. The first-order valence-corrected chi connectivity index (χ1v) is 6.49. The SMILES string of the molecule is O=[N+]([O-])c1ccccc1/C=C/c1nc2cc(Cl)ccc2o1. The molecule has 104 valence electrons. The van der Waals surface area contributed by atoms with E-state index in [0.717, 1.165) is 0 Å². The number of hydrogen-bond donors (Lipinski definition) is 0. The van der Waals surface area contributed by atoms with Gasteiger partial charge in [0, 0.05) is 17.2 Å². The van der Waals surface area contributed by atoms with Gasteiger partial charge >= 0.3 is 0 Å². The molecule has 0 unspecified atom stereocenters. The van der Waals surface area contributed by atoms with E-state index in [0.29, 0.717) is 27.6 Å². The Kier molecular flexibility index (Phi) is 3.41. The van der Waals surface area contributed by atoms with Crippen LogP contribution >= 0.6 is 11.6 Å². The molecule has 0 amide bonds. The maximum Gasteiger partial charge on any atom is 0.276 e. The Labute approximate surface area is 124 Å². The van der Waals surface area contributed by atoms with Gasteiger partial charge in [-0.25, -0.2) is 4.98 Å². The van der Waals surface area contributed by atoms with Crippen LogP contribution in [0.5, 0.6) is 0 Å². The molecule has 0 N–H and O–H groups in total. The highest BCUT2D eigenvalue weighted by molar-refractivity contribution is 6.31. The average Bonchev–Trinajstić information content (AvgIpc) is 2.87. The molecule has 5 nitrogen and oxygen atoms in total. The molecule has 0 saturated heterocycles. The van der Waals surface area contributed by atoms with Crippen molar-refractivity contribution in [2.75, 3.05) is 0 Å². The molecule has 0 spiro atoms. The number of rotatable bonds is 3. The van der Waals surface area contributed by atoms with E-state index in [9.17, 15) is 10.1 Å². The first-order chi connectivity index (χ1) is 10.1. The van der Waals surface area contributed by atoms with Crippen molar-refractivity contribution in [2.45, 2.75) is 0 Å². The molecule has 0 aliphatic carbocycles. The highest BCUT2D eigenvalue weighted by atomic mass is 35.5. The number of nitro groups is 1. The molecule has 0 bridgehead atoms. The Morgan fingerprint density at radius 3 is 2.81 bits per heavy atom. The molecule has 1 aromatic heterocycles. The third-order valence-electron chi connectivity index (χ3n) is 2.91. The number of benzene rings is 2. The minimum Gasteiger partial charge on any atom is -0.437 e. The van der Waals surface area contributed by atoms with Gasteiger partial charge in [-0.15, -0.1) is 0 Å². The molecule has 0 fully saturated rings. The van der Waals surface area contributed by atoms with Crippen LogP contribution in [0.4, 0.5) is 5.69 Å². The standard InChI is InChI=1S/C15H9ClN2O3/c16-11-6-7-14-12(9-11)17-15(21-14)8-5-10-3-1-2-4-13(10)18(19)20/h1-9H/b8-5+. The molecular weight excluding hydrogens is 292 g/mol. The van der Waals surface area contributed by atoms with Crippen molar-refractivity contribution in [3.63, 3.8) is 0 Å². The topological polar surface area (TPSA) is 69.2 Å². The molecule has 21 heavy (non-hydrogen) atoms. The van der Waals surface area contributed by atoms with Gasteiger partial charge in [-0.05, 0) is 30.3 Å². The van der Waals surface area contributed by atoms with Gasteiger partial charge in [0.15, 0.2) is 5.58 Å². The van der Waals surface area contributed by atoms with E-state index >= 15 is 0 Å². The third-order valence-corrected chi connectivity index (χ3v) is 3.14. The van der Waals surface area contributed by atoms with E-state index < -0.39 is 4.92 Å². The van der Waals surface area contributed by atoms with Crippen LogP contribution in [0.25, 0.3) is 23.3 Å². The van der Waals surface area contributed by atoms with Gasteiger partial charge in [0.1, 0.15) is 5.52 Å². The summed E-state index contributed by atoms with van der Waals surface area (Å²) < 4.78 is 5.52. The fourth-order valence-corrected chi connectivity index (χ4v) is 2.11. The van der Waals surface area contributed by atoms with Crippen molar-refractivity contribution < 1.29 is 9.34 Å². The summed E-state index contributed by atoms with van der Waals surface area (Å²) in [4.78, 5) is 14.8. The van der Waals surface area contributed by atoms with E-state index in [-0.39, 0.29) is 5.69 Å². The lowest BCUT2D eigenvalue weighted by molar-refractivity contribution is -0.385. The molecule has 0 aliphatic heterocycles. The molecule has 2 aromatic carbocycles. The Balaban J connectivity index is 1.96. The van der Waals surface area contributed by atoms with E-state index in [4.69, 9.17) is 16.0 Å². The second kappa shape index (κ2) is 5.38. The number of para-hydroxylation sites is 1. The van der Waals surface area contributed by atoms with Gasteiger partial charge in [-0.2, -0.15) is 0 Å². The van der Waals surface area contributed by atoms with Crippen molar-refractivity contribution in [3.05, 3.63) is 69.1 Å². The Bertz CT molecular complexity index is 855. The molecule has 1 heterocycles. The Hall–Kier alpha value is -2.66. The van der Waals surface area contributed by atoms with E-state index in [1.807, 2.05) is 0 Å². The monoisotopic (exact) mass is 300 g/mol. The Morgan fingerprint density at radius 1 is 1.19 bits per heavy atom. The predicted octanol–water partition coefficient (Wildman–Crippen LogP) is 4.56. The first kappa shape index (κ1) is 13.3. The van der Waals surface area contributed by atoms with Crippen LogP contribution in [0.15, 0.2) is 46.9 Å². The summed E-state index contributed by atoms with van der Waals surface area (Å²) in [6.07, 6.45) is 3.20. The van der Waals surface area contributed by atoms with Gasteiger partial charge in [0.2, 0.25) is 5.89 Å². The Morgan fingerprint density at radius 2 is 2.00 bits per heavy atom. The maximum absolute atomic E-state index is 10.9. The zero-order chi connectivity index (χ0) is 14.8. The van der Waals surface area contributed by atoms with Crippen molar-refractivity contribution in [2.24, 2.45) is 0 Å². The minimum absolute atomic E-state index is 0.0351. The smallest absolute Gasteiger partial charge is 0.276 e. The quantitative estimate of drug-likeness (QED) is 0.525. The van der Waals surface area contributed by atoms with Crippen molar-refractivity contribution in [1.29, 1.82) is 0 Å². The van der Waals surface area contributed by atoms with Crippen molar-refractivity contribution >= 4 is 40.5 Å². The number of nitro benzene ring substituents is 1. The summed E-state index contributed by atoms with van der Waals surface area (Å²) >= 11 is 5.88. The van der Waals surface area contributed by atoms with Crippen LogP contribution in [0.2, 0.25) is 5.02 Å². The fraction of sp³-hybridized carbons (Fsp3) is 0. The lowest BCUT2D eigenvalue weighted by Crippen LogP contribution is -1.90. The van der Waals surface area contributed by atoms with Gasteiger partial charge in [0.05, 0.1) is 10.5 Å². The van der Waals surface area contributed by atoms with Gasteiger partial charge in [-0.1, -0.05) is 23.7 Å². The number of oxazole rings is 1. The van der Waals surface area contributed by atoms with Crippen LogP contribution in [-0.4, -0.2) is 9.91 Å². The summed E-state index contributed by atoms with van der Waals surface area (Å²) in [7, 11) is 0. The minimum atomic E-state index is -0.425. The van der Waals surface area contributed by atoms with Gasteiger partial charge in [-0.3, -0.25) is 10.1 Å². The molecule has 6 heteroatoms. The van der Waals surface area contributed by atoms with Crippen LogP contribution in [-0.2, 0) is 0 Å². The number of hydrogen-bond acceptors (Lipinski definition) is 4. The van der Waals surface area contributed by atoms with E-state index in [1.54, 1.807) is 48.6 Å². The molecule has 3 aromatic rings. The highest BCUT2D eigenvalue weighted by Gasteiger charge is 2.10. The first-order valence-electron chi connectivity index (χ1n) is 6.11. The lowest BCUT2D eigenvalue weighted by atomic mass is 10.1. The molecule has 0 saturated carbocycles. The summed E-state index contributed by atoms with van der Waals surface area (Å²) in [5.41, 5.74) is 1.78. The third kappa shape index (κ3) is 2.78. The summed E-state index contributed by atoms with van der Waals surface area (Å²) in [6.45, 7) is 0. The van der Waals surface area contributed by atoms with Crippen LogP contribution in [0, 0.1) is 10.1 Å². The van der Waals surface area contributed by atoms with E-state index in [2.05, 4.69) is 4.98 Å². The van der Waals surface area contributed by atoms with Crippen molar-refractivity contribution in [3.8, 4) is 0 Å². The lowest BCUT2D eigenvalue weighted by Gasteiger charge is -1.95. The van der Waals surface area contributed by atoms with Crippen LogP contribution in [0.1, 0.15) is 11.5 Å². The molecule has 0 radical (unpaired) electrons. The van der Waals surface area contributed by atoms with Crippen molar-refractivity contribution in [1.82, 2.24) is 4.98 Å². The normalized spacial score (nSPS) is 11.3. The van der Waals surface area contributed by atoms with Gasteiger partial charge in [0.25, 0.3) is 5.69 Å². The maximum atomic E-state index is 10.9. The van der Waals surface area contributed by atoms with E-state index in [1.165, 1.54) is 6.07 Å². The molecule has 0 aliphatic rings. The van der Waals surface area contributed by atoms with Crippen LogP contribution in [0.3, 0.4) is 0 Å². The predicted molar refractivity (Wildman–Crippen MR) is 81.0 cm³/mol. The average molecular weight is 301 g/mol. The second-order valence-electron chi connectivity index (χ2n) is 4.31. The number of fused-ring (bicyclic) bond motifs is 1. The van der Waals surface area contributed by atoms with Gasteiger partial charge < -0.3 is 4.42 Å². The molecule has 3 rings (SSSR count). The largest absolute Gasteiger partial charge is 0.437 e.